The van der Waals surface area contributed by atoms with Gasteiger partial charge in [0.15, 0.2) is 0 Å². The van der Waals surface area contributed by atoms with Gasteiger partial charge in [0.05, 0.1) is 91.0 Å². The van der Waals surface area contributed by atoms with Gasteiger partial charge in [-0.15, -0.1) is 0 Å². The molecular formula is C71H46Br2N10O2. The average molecular weight is 1230 g/mol. The van der Waals surface area contributed by atoms with E-state index in [0.29, 0.717) is 0 Å². The fraction of sp³-hybridized carbons (Fsp3) is 0. The molecule has 0 unspecified atom stereocenters. The van der Waals surface area contributed by atoms with Gasteiger partial charge in [-0.25, -0.2) is 9.59 Å². The minimum atomic E-state index is -0.140. The molecule has 14 heteroatoms. The van der Waals surface area contributed by atoms with Gasteiger partial charge in [-0.05, 0) is 133 Å². The normalized spacial score (nSPS) is 11.5. The molecule has 0 spiro atoms. The van der Waals surface area contributed by atoms with E-state index in [4.69, 9.17) is 0 Å². The number of fused-ring (bicyclic) bond motifs is 11. The van der Waals surface area contributed by atoms with E-state index in [1.54, 1.807) is 9.13 Å². The summed E-state index contributed by atoms with van der Waals surface area (Å²) in [4.78, 5) is 44.1. The lowest BCUT2D eigenvalue weighted by Crippen LogP contribution is -2.22. The van der Waals surface area contributed by atoms with Crippen LogP contribution >= 0.6 is 31.9 Å². The molecule has 0 fully saturated rings. The standard InChI is InChI=1S/C41H26N6O.C19H12Br2N2O.C11H8N2/c48-41-46(29-11-7-9-27(23-29)44-35-15-3-1-13-31(35)33-19-21-42-25-39(33)44)37-17-5-6-18-38(37)47(41)30-12-8-10-28(24-30)45-36-16-4-2-14-32(36)34-20-22-43-26-40(34)45;20-13-5-3-7-15(11-13)22-17-9-1-2-10-18(17)23(19(22)24)16-8-4-6-14(21)12-16;1-2-4-10-8(3-1)9-5-6-12-7-11(9)13-10/h1-26H;1-12H;1-7,13H. The Balaban J connectivity index is 0.000000136. The van der Waals surface area contributed by atoms with Crippen LogP contribution in [0.25, 0.3) is 122 Å². The molecule has 0 aliphatic carbocycles. The number of hydrogen-bond donors (Lipinski definition) is 1. The Labute approximate surface area is 501 Å². The van der Waals surface area contributed by atoms with E-state index in [-0.39, 0.29) is 11.4 Å². The van der Waals surface area contributed by atoms with Gasteiger partial charge in [0.2, 0.25) is 0 Å². The Hall–Kier alpha value is -10.7. The lowest BCUT2D eigenvalue weighted by molar-refractivity contribution is 0.927. The number of imidazole rings is 2. The van der Waals surface area contributed by atoms with Crippen molar-refractivity contribution < 1.29 is 0 Å². The molecule has 0 atom stereocenters. The van der Waals surface area contributed by atoms with Crippen molar-refractivity contribution >= 4 is 119 Å². The van der Waals surface area contributed by atoms with Crippen molar-refractivity contribution in [2.45, 2.75) is 0 Å². The van der Waals surface area contributed by atoms with Crippen LogP contribution in [0.1, 0.15) is 0 Å². The van der Waals surface area contributed by atoms with Crippen molar-refractivity contribution in [3.8, 4) is 34.1 Å². The predicted molar refractivity (Wildman–Crippen MR) is 351 cm³/mol. The number of aromatic amines is 1. The topological polar surface area (TPSA) is 118 Å². The summed E-state index contributed by atoms with van der Waals surface area (Å²) in [5, 5.41) is 7.10. The fourth-order valence-electron chi connectivity index (χ4n) is 12.0. The average Bonchev–Trinajstić information content (AvgIpc) is 3.20. The second kappa shape index (κ2) is 21.3. The van der Waals surface area contributed by atoms with E-state index in [1.807, 2.05) is 180 Å². The van der Waals surface area contributed by atoms with Gasteiger partial charge in [-0.3, -0.25) is 33.2 Å². The van der Waals surface area contributed by atoms with Crippen LogP contribution in [0.5, 0.6) is 0 Å². The van der Waals surface area contributed by atoms with Crippen molar-refractivity contribution in [3.63, 3.8) is 0 Å². The summed E-state index contributed by atoms with van der Waals surface area (Å²) in [7, 11) is 0. The number of pyridine rings is 3. The number of nitrogens with one attached hydrogen (secondary N) is 1. The Morgan fingerprint density at radius 3 is 1.02 bits per heavy atom. The highest BCUT2D eigenvalue weighted by Gasteiger charge is 2.21. The van der Waals surface area contributed by atoms with Gasteiger partial charge in [0.25, 0.3) is 0 Å². The van der Waals surface area contributed by atoms with Gasteiger partial charge in [-0.2, -0.15) is 0 Å². The monoisotopic (exact) mass is 1230 g/mol. The van der Waals surface area contributed by atoms with Crippen LogP contribution in [0.2, 0.25) is 0 Å². The zero-order chi connectivity index (χ0) is 57.1. The second-order valence-corrected chi connectivity index (χ2v) is 22.3. The number of para-hydroxylation sites is 7. The van der Waals surface area contributed by atoms with E-state index < -0.39 is 0 Å². The Bertz CT molecular complexity index is 5130. The van der Waals surface area contributed by atoms with Gasteiger partial charge in [0, 0.05) is 76.7 Å². The van der Waals surface area contributed by atoms with E-state index >= 15 is 0 Å². The number of rotatable bonds is 6. The lowest BCUT2D eigenvalue weighted by Gasteiger charge is -2.11. The third-order valence-corrected chi connectivity index (χ3v) is 16.6. The minimum Gasteiger partial charge on any atom is -0.353 e. The summed E-state index contributed by atoms with van der Waals surface area (Å²) in [6.07, 6.45) is 11.1. The van der Waals surface area contributed by atoms with E-state index in [1.165, 1.54) is 16.3 Å². The number of halogens is 2. The first-order chi connectivity index (χ1) is 41.9. The molecule has 17 aromatic rings. The summed E-state index contributed by atoms with van der Waals surface area (Å²) >= 11 is 6.96. The molecule has 85 heavy (non-hydrogen) atoms. The SMILES string of the molecule is O=c1n(-c2cccc(-n3c4ccccc4c4ccncc43)c2)c2ccccc2n1-c1cccc(-n2c3ccccc3c3ccncc32)c1.O=c1n(-c2cccc(Br)c2)c2ccccc2n1-c1cccc(Br)c1.c1ccc2c(c1)[nH]c1cnccc12. The molecular weight excluding hydrogens is 1180 g/mol. The molecule has 0 saturated heterocycles. The molecule has 1 N–H and O–H groups in total. The van der Waals surface area contributed by atoms with Crippen LogP contribution in [-0.4, -0.2) is 47.3 Å². The third kappa shape index (κ3) is 8.85. The molecule has 0 aliphatic rings. The van der Waals surface area contributed by atoms with Crippen molar-refractivity contribution in [3.05, 3.63) is 304 Å². The molecule has 8 aromatic heterocycles. The van der Waals surface area contributed by atoms with E-state index in [0.717, 1.165) is 114 Å². The highest BCUT2D eigenvalue weighted by Crippen LogP contribution is 2.35. The smallest absolute Gasteiger partial charge is 0.338 e. The number of H-pyrrole nitrogens is 1. The van der Waals surface area contributed by atoms with Crippen LogP contribution in [0.3, 0.4) is 0 Å². The number of nitrogens with zero attached hydrogens (tertiary/aromatic N) is 9. The highest BCUT2D eigenvalue weighted by molar-refractivity contribution is 9.10. The summed E-state index contributed by atoms with van der Waals surface area (Å²) in [6.45, 7) is 0. The second-order valence-electron chi connectivity index (χ2n) is 20.5. The molecule has 9 aromatic carbocycles. The maximum Gasteiger partial charge on any atom is 0.338 e. The van der Waals surface area contributed by atoms with Crippen molar-refractivity contribution in [1.82, 2.24) is 47.3 Å². The Kier molecular flexibility index (Phi) is 12.8. The van der Waals surface area contributed by atoms with Crippen molar-refractivity contribution in [2.24, 2.45) is 0 Å². The molecule has 0 aliphatic heterocycles. The van der Waals surface area contributed by atoms with Crippen LogP contribution in [0.4, 0.5) is 0 Å². The molecule has 0 amide bonds. The first-order valence-electron chi connectivity index (χ1n) is 27.5. The van der Waals surface area contributed by atoms with Crippen LogP contribution in [-0.2, 0) is 0 Å². The zero-order valence-corrected chi connectivity index (χ0v) is 48.3. The van der Waals surface area contributed by atoms with Crippen LogP contribution in [0, 0.1) is 0 Å². The van der Waals surface area contributed by atoms with E-state index in [2.05, 4.69) is 164 Å². The Morgan fingerprint density at radius 2 is 0.588 bits per heavy atom. The summed E-state index contributed by atoms with van der Waals surface area (Å²) < 4.78 is 13.4. The number of hydrogen-bond acceptors (Lipinski definition) is 5. The largest absolute Gasteiger partial charge is 0.353 e. The maximum absolute atomic E-state index is 14.6. The molecule has 0 saturated carbocycles. The molecule has 12 nitrogen and oxygen atoms in total. The predicted octanol–water partition coefficient (Wildman–Crippen LogP) is 16.8. The highest BCUT2D eigenvalue weighted by atomic mass is 79.9. The number of aromatic nitrogens is 10. The van der Waals surface area contributed by atoms with E-state index in [9.17, 15) is 9.59 Å². The summed E-state index contributed by atoms with van der Waals surface area (Å²) in [5.74, 6) is 0. The maximum atomic E-state index is 14.6. The summed E-state index contributed by atoms with van der Waals surface area (Å²) in [6, 6.07) is 78.8. The van der Waals surface area contributed by atoms with Gasteiger partial charge < -0.3 is 14.1 Å². The quantitative estimate of drug-likeness (QED) is 0.178. The molecule has 17 rings (SSSR count). The van der Waals surface area contributed by atoms with Gasteiger partial charge in [-0.1, -0.05) is 135 Å². The summed E-state index contributed by atoms with van der Waals surface area (Å²) in [5.41, 5.74) is 14.8. The molecule has 406 valence electrons. The molecule has 8 heterocycles. The Morgan fingerprint density at radius 1 is 0.271 bits per heavy atom. The number of benzene rings is 9. The fourth-order valence-corrected chi connectivity index (χ4v) is 12.7. The minimum absolute atomic E-state index is 0.0904. The first kappa shape index (κ1) is 51.2. The zero-order valence-electron chi connectivity index (χ0n) is 45.1. The first-order valence-corrected chi connectivity index (χ1v) is 29.1. The van der Waals surface area contributed by atoms with Gasteiger partial charge >= 0.3 is 11.4 Å². The van der Waals surface area contributed by atoms with Crippen LogP contribution < -0.4 is 11.4 Å². The third-order valence-electron chi connectivity index (χ3n) is 15.6. The van der Waals surface area contributed by atoms with Crippen molar-refractivity contribution in [2.75, 3.05) is 0 Å². The molecule has 0 bridgehead atoms. The van der Waals surface area contributed by atoms with Crippen molar-refractivity contribution in [1.29, 1.82) is 0 Å². The van der Waals surface area contributed by atoms with Gasteiger partial charge in [0.1, 0.15) is 0 Å². The molecule has 0 radical (unpaired) electrons. The van der Waals surface area contributed by atoms with Crippen LogP contribution in [0.15, 0.2) is 292 Å². The lowest BCUT2D eigenvalue weighted by atomic mass is 10.2.